The van der Waals surface area contributed by atoms with Gasteiger partial charge in [0, 0.05) is 43.9 Å². The van der Waals surface area contributed by atoms with Crippen molar-refractivity contribution in [2.45, 2.75) is 0 Å². The average molecular weight is 715 g/mol. The molecule has 0 atom stereocenters. The Balaban J connectivity index is 1.08. The molecule has 5 nitrogen and oxygen atoms in total. The first-order valence-corrected chi connectivity index (χ1v) is 18.9. The number of aromatic nitrogens is 4. The third kappa shape index (κ3) is 4.64. The molecule has 56 heavy (non-hydrogen) atoms. The van der Waals surface area contributed by atoms with Gasteiger partial charge in [0.25, 0.3) is 0 Å². The molecule has 9 aromatic carbocycles. The molecular formula is C51H30N4O. The predicted octanol–water partition coefficient (Wildman–Crippen LogP) is 13.3. The highest BCUT2D eigenvalue weighted by Gasteiger charge is 2.19. The van der Waals surface area contributed by atoms with Crippen molar-refractivity contribution in [2.75, 3.05) is 0 Å². The molecule has 0 saturated carbocycles. The van der Waals surface area contributed by atoms with Crippen molar-refractivity contribution >= 4 is 76.1 Å². The summed E-state index contributed by atoms with van der Waals surface area (Å²) in [5.41, 5.74) is 7.76. The smallest absolute Gasteiger partial charge is 0.164 e. The number of rotatable bonds is 4. The van der Waals surface area contributed by atoms with E-state index in [0.29, 0.717) is 17.5 Å². The summed E-state index contributed by atoms with van der Waals surface area (Å²) in [6.45, 7) is 0. The fraction of sp³-hybridized carbons (Fsp3) is 0. The maximum Gasteiger partial charge on any atom is 0.164 e. The molecule has 5 heteroatoms. The van der Waals surface area contributed by atoms with Gasteiger partial charge < -0.3 is 8.98 Å². The molecule has 0 aliphatic rings. The lowest BCUT2D eigenvalue weighted by Crippen LogP contribution is -2.01. The van der Waals surface area contributed by atoms with Crippen molar-refractivity contribution in [3.05, 3.63) is 182 Å². The highest BCUT2D eigenvalue weighted by Crippen LogP contribution is 2.41. The zero-order valence-electron chi connectivity index (χ0n) is 30.0. The van der Waals surface area contributed by atoms with Crippen molar-refractivity contribution in [3.63, 3.8) is 0 Å². The van der Waals surface area contributed by atoms with Crippen LogP contribution < -0.4 is 0 Å². The lowest BCUT2D eigenvalue weighted by atomic mass is 10.00. The van der Waals surface area contributed by atoms with Crippen LogP contribution in [0.2, 0.25) is 0 Å². The molecule has 0 N–H and O–H groups in total. The highest BCUT2D eigenvalue weighted by atomic mass is 16.3. The second-order valence-electron chi connectivity index (χ2n) is 14.4. The second kappa shape index (κ2) is 11.9. The Morgan fingerprint density at radius 3 is 1.48 bits per heavy atom. The number of furan rings is 1. The molecule has 3 aromatic heterocycles. The van der Waals surface area contributed by atoms with E-state index in [2.05, 4.69) is 144 Å². The Labute approximate surface area is 320 Å². The monoisotopic (exact) mass is 714 g/mol. The quantitative estimate of drug-likeness (QED) is 0.182. The van der Waals surface area contributed by atoms with Gasteiger partial charge in [-0.15, -0.1) is 0 Å². The minimum atomic E-state index is 0.602. The van der Waals surface area contributed by atoms with E-state index in [1.54, 1.807) is 0 Å². The lowest BCUT2D eigenvalue weighted by molar-refractivity contribution is 0.669. The van der Waals surface area contributed by atoms with Gasteiger partial charge in [-0.2, -0.15) is 0 Å². The van der Waals surface area contributed by atoms with Gasteiger partial charge in [0.05, 0.1) is 11.0 Å². The number of nitrogens with zero attached hydrogens (tertiary/aromatic N) is 4. The largest absolute Gasteiger partial charge is 0.456 e. The van der Waals surface area contributed by atoms with Crippen molar-refractivity contribution in [2.24, 2.45) is 0 Å². The van der Waals surface area contributed by atoms with Crippen molar-refractivity contribution in [1.29, 1.82) is 0 Å². The Bertz CT molecular complexity index is 3450. The van der Waals surface area contributed by atoms with Crippen LogP contribution >= 0.6 is 0 Å². The van der Waals surface area contributed by atoms with Crippen LogP contribution in [0.3, 0.4) is 0 Å². The van der Waals surface area contributed by atoms with E-state index < -0.39 is 0 Å². The fourth-order valence-electron chi connectivity index (χ4n) is 8.65. The summed E-state index contributed by atoms with van der Waals surface area (Å²) >= 11 is 0. The van der Waals surface area contributed by atoms with Crippen LogP contribution in [0, 0.1) is 0 Å². The standard InChI is InChI=1S/C51H30N4O/c1-2-14-34(15-3-1)49-52-50(54-51(53-49)36-24-27-44-41(30-36)46-38-18-7-4-13-33(38)23-28-45(46)56-44)35-16-10-17-37(29-35)55-42-25-21-31-11-5-8-19-39(31)47(42)48-40-20-9-6-12-32(40)22-26-43(48)55/h1-30H. The maximum atomic E-state index is 6.34. The van der Waals surface area contributed by atoms with Crippen LogP contribution in [0.1, 0.15) is 0 Å². The molecule has 0 aliphatic heterocycles. The molecule has 12 aromatic rings. The van der Waals surface area contributed by atoms with Crippen molar-refractivity contribution in [1.82, 2.24) is 19.5 Å². The van der Waals surface area contributed by atoms with E-state index in [1.807, 2.05) is 42.5 Å². The SMILES string of the molecule is c1ccc(-c2nc(-c3cccc(-n4c5ccc6ccccc6c5c5c6ccccc6ccc54)c3)nc(-c3ccc4oc5ccc6ccccc6c5c4c3)n2)cc1. The Kier molecular flexibility index (Phi) is 6.56. The summed E-state index contributed by atoms with van der Waals surface area (Å²) in [6, 6.07) is 63.9. The molecule has 0 bridgehead atoms. The summed E-state index contributed by atoms with van der Waals surface area (Å²) in [6.07, 6.45) is 0. The molecule has 3 heterocycles. The van der Waals surface area contributed by atoms with Crippen LogP contribution in [-0.4, -0.2) is 19.5 Å². The highest BCUT2D eigenvalue weighted by molar-refractivity contribution is 6.28. The number of hydrogen-bond acceptors (Lipinski definition) is 4. The van der Waals surface area contributed by atoms with Gasteiger partial charge in [-0.3, -0.25) is 0 Å². The number of hydrogen-bond donors (Lipinski definition) is 0. The normalized spacial score (nSPS) is 11.9. The Hall–Kier alpha value is -7.63. The van der Waals surface area contributed by atoms with Gasteiger partial charge in [0.15, 0.2) is 17.5 Å². The molecule has 12 rings (SSSR count). The lowest BCUT2D eigenvalue weighted by Gasteiger charge is -2.12. The first-order valence-electron chi connectivity index (χ1n) is 18.9. The van der Waals surface area contributed by atoms with Crippen LogP contribution in [0.15, 0.2) is 186 Å². The van der Waals surface area contributed by atoms with Crippen LogP contribution in [-0.2, 0) is 0 Å². The van der Waals surface area contributed by atoms with Crippen LogP contribution in [0.4, 0.5) is 0 Å². The minimum absolute atomic E-state index is 0.602. The summed E-state index contributed by atoms with van der Waals surface area (Å²) in [5, 5.41) is 11.9. The third-order valence-electron chi connectivity index (χ3n) is 11.2. The fourth-order valence-corrected chi connectivity index (χ4v) is 8.65. The van der Waals surface area contributed by atoms with Crippen molar-refractivity contribution < 1.29 is 4.42 Å². The van der Waals surface area contributed by atoms with Crippen LogP contribution in [0.25, 0.3) is 116 Å². The van der Waals surface area contributed by atoms with E-state index in [4.69, 9.17) is 19.4 Å². The van der Waals surface area contributed by atoms with Gasteiger partial charge >= 0.3 is 0 Å². The number of benzene rings is 9. The summed E-state index contributed by atoms with van der Waals surface area (Å²) in [5.74, 6) is 1.83. The Morgan fingerprint density at radius 1 is 0.339 bits per heavy atom. The first kappa shape index (κ1) is 30.8. The molecule has 260 valence electrons. The van der Waals surface area contributed by atoms with Crippen molar-refractivity contribution in [3.8, 4) is 39.9 Å². The first-order chi connectivity index (χ1) is 27.7. The molecule has 0 amide bonds. The zero-order valence-corrected chi connectivity index (χ0v) is 30.0. The molecule has 0 aliphatic carbocycles. The van der Waals surface area contributed by atoms with Gasteiger partial charge in [-0.25, -0.2) is 15.0 Å². The van der Waals surface area contributed by atoms with Gasteiger partial charge in [-0.1, -0.05) is 133 Å². The topological polar surface area (TPSA) is 56.7 Å². The van der Waals surface area contributed by atoms with Gasteiger partial charge in [-0.05, 0) is 80.8 Å². The van der Waals surface area contributed by atoms with E-state index in [0.717, 1.165) is 60.7 Å². The second-order valence-corrected chi connectivity index (χ2v) is 14.4. The molecule has 0 spiro atoms. The molecule has 0 unspecified atom stereocenters. The van der Waals surface area contributed by atoms with Crippen LogP contribution in [0.5, 0.6) is 0 Å². The zero-order chi connectivity index (χ0) is 36.7. The van der Waals surface area contributed by atoms with Gasteiger partial charge in [0.2, 0.25) is 0 Å². The third-order valence-corrected chi connectivity index (χ3v) is 11.2. The summed E-state index contributed by atoms with van der Waals surface area (Å²) in [7, 11) is 0. The molecule has 0 fully saturated rings. The van der Waals surface area contributed by atoms with E-state index in [1.165, 1.54) is 37.7 Å². The molecule has 0 radical (unpaired) electrons. The average Bonchev–Trinajstić information content (AvgIpc) is 3.83. The number of fused-ring (bicyclic) bond motifs is 12. The van der Waals surface area contributed by atoms with E-state index in [-0.39, 0.29) is 0 Å². The van der Waals surface area contributed by atoms with E-state index in [9.17, 15) is 0 Å². The van der Waals surface area contributed by atoms with Gasteiger partial charge in [0.1, 0.15) is 11.2 Å². The summed E-state index contributed by atoms with van der Waals surface area (Å²) in [4.78, 5) is 15.4. The molecular weight excluding hydrogens is 685 g/mol. The summed E-state index contributed by atoms with van der Waals surface area (Å²) < 4.78 is 8.72. The minimum Gasteiger partial charge on any atom is -0.456 e. The Morgan fingerprint density at radius 2 is 0.839 bits per heavy atom. The molecule has 0 saturated heterocycles. The van der Waals surface area contributed by atoms with E-state index >= 15 is 0 Å². The predicted molar refractivity (Wildman–Crippen MR) is 230 cm³/mol. The maximum absolute atomic E-state index is 6.34.